The fourth-order valence-corrected chi connectivity index (χ4v) is 1.93. The Morgan fingerprint density at radius 1 is 0.920 bits per heavy atom. The highest BCUT2D eigenvalue weighted by atomic mass is 16.2. The van der Waals surface area contributed by atoms with Crippen LogP contribution in [0.2, 0.25) is 0 Å². The average Bonchev–Trinajstić information content (AvgIpc) is 2.55. The Labute approximate surface area is 147 Å². The second-order valence-electron chi connectivity index (χ2n) is 6.65. The molecule has 25 heavy (non-hydrogen) atoms. The molecular weight excluding hydrogens is 318 g/mol. The van der Waals surface area contributed by atoms with Crippen molar-refractivity contribution in [1.29, 1.82) is 0 Å². The van der Waals surface area contributed by atoms with Gasteiger partial charge in [0, 0.05) is 28.9 Å². The number of carbonyl (C=O) groups is 2. The maximum absolute atomic E-state index is 12.0. The summed E-state index contributed by atoms with van der Waals surface area (Å²) in [4.78, 5) is 32.0. The van der Waals surface area contributed by atoms with E-state index in [0.29, 0.717) is 11.6 Å². The van der Waals surface area contributed by atoms with Crippen LogP contribution in [0.4, 0.5) is 11.6 Å². The first-order chi connectivity index (χ1) is 11.8. The number of likely N-dealkylation sites (N-methyl/N-ethyl adjacent to an activating group) is 1. The molecule has 132 valence electrons. The highest BCUT2D eigenvalue weighted by Crippen LogP contribution is 2.21. The zero-order valence-corrected chi connectivity index (χ0v) is 14.9. The molecule has 0 fully saturated rings. The molecule has 0 aliphatic rings. The third-order valence-corrected chi connectivity index (χ3v) is 3.39. The summed E-state index contributed by atoms with van der Waals surface area (Å²) in [5.74, 6) is 0.762. The summed E-state index contributed by atoms with van der Waals surface area (Å²) >= 11 is 0. The van der Waals surface area contributed by atoms with E-state index in [0.717, 1.165) is 11.1 Å². The molecule has 0 saturated heterocycles. The number of rotatable bonds is 5. The first-order valence-electron chi connectivity index (χ1n) is 7.98. The van der Waals surface area contributed by atoms with Crippen molar-refractivity contribution in [3.05, 3.63) is 36.7 Å². The van der Waals surface area contributed by atoms with Gasteiger partial charge in [-0.05, 0) is 31.3 Å². The monoisotopic (exact) mass is 341 g/mol. The molecule has 7 nitrogen and oxygen atoms in total. The van der Waals surface area contributed by atoms with Crippen molar-refractivity contribution in [3.8, 4) is 11.1 Å². The van der Waals surface area contributed by atoms with Crippen molar-refractivity contribution < 1.29 is 9.59 Å². The predicted octanol–water partition coefficient (Wildman–Crippen LogP) is 2.29. The molecule has 0 atom stereocenters. The van der Waals surface area contributed by atoms with E-state index in [1.807, 2.05) is 32.9 Å². The van der Waals surface area contributed by atoms with E-state index in [1.54, 1.807) is 31.6 Å². The molecule has 2 heterocycles. The van der Waals surface area contributed by atoms with Gasteiger partial charge >= 0.3 is 0 Å². The van der Waals surface area contributed by atoms with Gasteiger partial charge in [0.1, 0.15) is 11.6 Å². The minimum Gasteiger partial charge on any atom is -0.311 e. The Kier molecular flexibility index (Phi) is 5.82. The number of hydrogen-bond donors (Lipinski definition) is 3. The van der Waals surface area contributed by atoms with Gasteiger partial charge in [0.25, 0.3) is 0 Å². The number of nitrogens with one attached hydrogen (secondary N) is 3. The zero-order chi connectivity index (χ0) is 18.4. The lowest BCUT2D eigenvalue weighted by molar-refractivity contribution is -0.123. The lowest BCUT2D eigenvalue weighted by atomic mass is 9.96. The van der Waals surface area contributed by atoms with E-state index in [4.69, 9.17) is 0 Å². The fraction of sp³-hybridized carbons (Fsp3) is 0.333. The van der Waals surface area contributed by atoms with Gasteiger partial charge in [-0.25, -0.2) is 9.97 Å². The van der Waals surface area contributed by atoms with E-state index >= 15 is 0 Å². The molecule has 2 aromatic rings. The SMILES string of the molecule is CNCC(=O)Nc1ccc(-c2ccc(NC(=O)C(C)(C)C)nc2)cn1. The van der Waals surface area contributed by atoms with Crippen LogP contribution in [0.5, 0.6) is 0 Å². The molecule has 3 N–H and O–H groups in total. The number of carbonyl (C=O) groups excluding carboxylic acids is 2. The van der Waals surface area contributed by atoms with Crippen LogP contribution in [0.15, 0.2) is 36.7 Å². The maximum atomic E-state index is 12.0. The van der Waals surface area contributed by atoms with Crippen LogP contribution in [-0.2, 0) is 9.59 Å². The summed E-state index contributed by atoms with van der Waals surface area (Å²) in [7, 11) is 1.71. The Morgan fingerprint density at radius 2 is 1.44 bits per heavy atom. The standard InChI is InChI=1S/C18H23N5O2/c1-18(2,3)17(25)23-15-8-6-13(10-21-15)12-5-7-14(20-9-12)22-16(24)11-19-4/h5-10,19H,11H2,1-4H3,(H,20,22,24)(H,21,23,25). The number of nitrogens with zero attached hydrogens (tertiary/aromatic N) is 2. The van der Waals surface area contributed by atoms with Crippen LogP contribution in [0.1, 0.15) is 20.8 Å². The van der Waals surface area contributed by atoms with Crippen molar-refractivity contribution >= 4 is 23.5 Å². The Balaban J connectivity index is 2.04. The molecular formula is C18H23N5O2. The molecule has 0 radical (unpaired) electrons. The minimum atomic E-state index is -0.474. The highest BCUT2D eigenvalue weighted by Gasteiger charge is 2.21. The van der Waals surface area contributed by atoms with Crippen LogP contribution < -0.4 is 16.0 Å². The summed E-state index contributed by atoms with van der Waals surface area (Å²) in [5.41, 5.74) is 1.26. The molecule has 0 unspecified atom stereocenters. The lowest BCUT2D eigenvalue weighted by Gasteiger charge is -2.17. The van der Waals surface area contributed by atoms with Crippen molar-refractivity contribution in [2.75, 3.05) is 24.2 Å². The molecule has 0 aliphatic heterocycles. The van der Waals surface area contributed by atoms with E-state index in [1.165, 1.54) is 0 Å². The van der Waals surface area contributed by atoms with Crippen LogP contribution in [0, 0.1) is 5.41 Å². The van der Waals surface area contributed by atoms with Gasteiger partial charge in [0.2, 0.25) is 11.8 Å². The minimum absolute atomic E-state index is 0.0870. The second kappa shape index (κ2) is 7.85. The van der Waals surface area contributed by atoms with E-state index in [9.17, 15) is 9.59 Å². The van der Waals surface area contributed by atoms with Gasteiger partial charge in [0.05, 0.1) is 6.54 Å². The van der Waals surface area contributed by atoms with Crippen LogP contribution in [-0.4, -0.2) is 35.4 Å². The number of amides is 2. The predicted molar refractivity (Wildman–Crippen MR) is 98.1 cm³/mol. The van der Waals surface area contributed by atoms with Crippen molar-refractivity contribution in [2.24, 2.45) is 5.41 Å². The Hall–Kier alpha value is -2.80. The van der Waals surface area contributed by atoms with Gasteiger partial charge in [-0.3, -0.25) is 9.59 Å². The Bertz CT molecular complexity index is 734. The molecule has 7 heteroatoms. The third-order valence-electron chi connectivity index (χ3n) is 3.39. The molecule has 0 spiro atoms. The van der Waals surface area contributed by atoms with Gasteiger partial charge in [-0.15, -0.1) is 0 Å². The smallest absolute Gasteiger partial charge is 0.239 e. The van der Waals surface area contributed by atoms with Gasteiger partial charge in [-0.2, -0.15) is 0 Å². The summed E-state index contributed by atoms with van der Waals surface area (Å²) in [5, 5.41) is 8.25. The maximum Gasteiger partial charge on any atom is 0.239 e. The molecule has 0 aliphatic carbocycles. The van der Waals surface area contributed by atoms with Crippen molar-refractivity contribution in [3.63, 3.8) is 0 Å². The molecule has 2 rings (SSSR count). The van der Waals surface area contributed by atoms with E-state index in [2.05, 4.69) is 25.9 Å². The Morgan fingerprint density at radius 3 is 1.84 bits per heavy atom. The second-order valence-corrected chi connectivity index (χ2v) is 6.65. The largest absolute Gasteiger partial charge is 0.311 e. The number of anilines is 2. The van der Waals surface area contributed by atoms with Gasteiger partial charge in [0.15, 0.2) is 0 Å². The number of pyridine rings is 2. The van der Waals surface area contributed by atoms with Crippen LogP contribution >= 0.6 is 0 Å². The van der Waals surface area contributed by atoms with Crippen LogP contribution in [0.3, 0.4) is 0 Å². The first-order valence-corrected chi connectivity index (χ1v) is 7.98. The molecule has 0 aromatic carbocycles. The summed E-state index contributed by atoms with van der Waals surface area (Å²) < 4.78 is 0. The topological polar surface area (TPSA) is 96.0 Å². The molecule has 2 amide bonds. The number of aromatic nitrogens is 2. The van der Waals surface area contributed by atoms with E-state index in [-0.39, 0.29) is 18.4 Å². The number of hydrogen-bond acceptors (Lipinski definition) is 5. The first kappa shape index (κ1) is 18.5. The fourth-order valence-electron chi connectivity index (χ4n) is 1.93. The normalized spacial score (nSPS) is 11.0. The van der Waals surface area contributed by atoms with Crippen molar-refractivity contribution in [2.45, 2.75) is 20.8 Å². The highest BCUT2D eigenvalue weighted by molar-refractivity contribution is 5.94. The molecule has 0 bridgehead atoms. The summed E-state index contributed by atoms with van der Waals surface area (Å²) in [6, 6.07) is 7.20. The third kappa shape index (κ3) is 5.36. The quantitative estimate of drug-likeness (QED) is 0.775. The van der Waals surface area contributed by atoms with Gasteiger partial charge in [-0.1, -0.05) is 20.8 Å². The summed E-state index contributed by atoms with van der Waals surface area (Å²) in [6.45, 7) is 5.77. The average molecular weight is 341 g/mol. The summed E-state index contributed by atoms with van der Waals surface area (Å²) in [6.07, 6.45) is 3.34. The van der Waals surface area contributed by atoms with Gasteiger partial charge < -0.3 is 16.0 Å². The van der Waals surface area contributed by atoms with Crippen molar-refractivity contribution in [1.82, 2.24) is 15.3 Å². The molecule has 2 aromatic heterocycles. The molecule has 0 saturated carbocycles. The zero-order valence-electron chi connectivity index (χ0n) is 14.9. The van der Waals surface area contributed by atoms with E-state index < -0.39 is 5.41 Å². The van der Waals surface area contributed by atoms with Crippen LogP contribution in [0.25, 0.3) is 11.1 Å². The lowest BCUT2D eigenvalue weighted by Crippen LogP contribution is -2.27.